The lowest BCUT2D eigenvalue weighted by atomic mass is 10.2. The van der Waals surface area contributed by atoms with Crippen molar-refractivity contribution in [2.24, 2.45) is 0 Å². The molecule has 122 valence electrons. The van der Waals surface area contributed by atoms with Crippen LogP contribution in [0.2, 0.25) is 0 Å². The van der Waals surface area contributed by atoms with Crippen LogP contribution in [0, 0.1) is 11.3 Å². The normalized spacial score (nSPS) is 10.6. The molecule has 2 amide bonds. The van der Waals surface area contributed by atoms with Gasteiger partial charge in [-0.1, -0.05) is 6.07 Å². The van der Waals surface area contributed by atoms with Gasteiger partial charge < -0.3 is 10.6 Å². The molecule has 0 atom stereocenters. The summed E-state index contributed by atoms with van der Waals surface area (Å²) in [6, 6.07) is 11.6. The fourth-order valence-electron chi connectivity index (χ4n) is 1.78. The van der Waals surface area contributed by atoms with Gasteiger partial charge in [-0.25, -0.2) is 0 Å². The highest BCUT2D eigenvalue weighted by molar-refractivity contribution is 6.43. The summed E-state index contributed by atoms with van der Waals surface area (Å²) in [5, 5.41) is 13.0. The van der Waals surface area contributed by atoms with Crippen LogP contribution in [0.5, 0.6) is 0 Å². The quantitative estimate of drug-likeness (QED) is 0.828. The number of benzene rings is 2. The Labute approximate surface area is 134 Å². The number of hydrogen-bond donors (Lipinski definition) is 2. The first-order chi connectivity index (χ1) is 11.3. The zero-order valence-electron chi connectivity index (χ0n) is 12.0. The minimum atomic E-state index is -4.55. The van der Waals surface area contributed by atoms with Crippen LogP contribution in [0.4, 0.5) is 24.5 Å². The van der Waals surface area contributed by atoms with E-state index in [2.05, 4.69) is 10.6 Å². The smallest absolute Gasteiger partial charge is 0.318 e. The number of alkyl halides is 3. The van der Waals surface area contributed by atoms with E-state index in [0.717, 1.165) is 18.2 Å². The van der Waals surface area contributed by atoms with Crippen molar-refractivity contribution < 1.29 is 22.8 Å². The monoisotopic (exact) mass is 333 g/mol. The lowest BCUT2D eigenvalue weighted by molar-refractivity contribution is -0.137. The molecular formula is C16H10F3N3O2. The summed E-state index contributed by atoms with van der Waals surface area (Å²) in [4.78, 5) is 23.5. The van der Waals surface area contributed by atoms with Crippen LogP contribution in [0.15, 0.2) is 48.5 Å². The molecule has 5 nitrogen and oxygen atoms in total. The highest BCUT2D eigenvalue weighted by atomic mass is 19.4. The number of halogens is 3. The molecule has 0 fully saturated rings. The number of anilines is 2. The third-order valence-electron chi connectivity index (χ3n) is 2.93. The zero-order chi connectivity index (χ0) is 17.7. The summed E-state index contributed by atoms with van der Waals surface area (Å²) in [5.41, 5.74) is -0.433. The standard InChI is InChI=1S/C16H10F3N3O2/c17-16(18,19)11-2-1-3-13(8-11)22-15(24)14(23)21-12-6-4-10(9-20)5-7-12/h1-8H,(H,21,23)(H,22,24). The number of rotatable bonds is 2. The number of amides is 2. The lowest BCUT2D eigenvalue weighted by Crippen LogP contribution is -2.29. The van der Waals surface area contributed by atoms with Gasteiger partial charge in [0.1, 0.15) is 0 Å². The van der Waals surface area contributed by atoms with Crippen LogP contribution in [0.25, 0.3) is 0 Å². The largest absolute Gasteiger partial charge is 0.416 e. The summed E-state index contributed by atoms with van der Waals surface area (Å²) in [6.07, 6.45) is -4.55. The molecule has 2 N–H and O–H groups in total. The van der Waals surface area contributed by atoms with E-state index in [1.165, 1.54) is 30.3 Å². The van der Waals surface area contributed by atoms with E-state index >= 15 is 0 Å². The fraction of sp³-hybridized carbons (Fsp3) is 0.0625. The molecule has 0 aromatic heterocycles. The van der Waals surface area contributed by atoms with Crippen molar-refractivity contribution in [3.63, 3.8) is 0 Å². The number of nitriles is 1. The molecule has 0 aliphatic heterocycles. The maximum Gasteiger partial charge on any atom is 0.416 e. The number of carbonyl (C=O) groups is 2. The molecule has 0 bridgehead atoms. The minimum Gasteiger partial charge on any atom is -0.318 e. The van der Waals surface area contributed by atoms with E-state index < -0.39 is 23.6 Å². The van der Waals surface area contributed by atoms with Crippen molar-refractivity contribution in [3.8, 4) is 6.07 Å². The Bertz CT molecular complexity index is 809. The van der Waals surface area contributed by atoms with Crippen LogP contribution in [-0.2, 0) is 15.8 Å². The molecule has 0 saturated heterocycles. The van der Waals surface area contributed by atoms with E-state index in [-0.39, 0.29) is 11.4 Å². The first-order valence-corrected chi connectivity index (χ1v) is 6.59. The van der Waals surface area contributed by atoms with Crippen LogP contribution in [-0.4, -0.2) is 11.8 Å². The molecule has 2 aromatic rings. The molecule has 0 unspecified atom stereocenters. The van der Waals surface area contributed by atoms with Gasteiger partial charge in [-0.3, -0.25) is 9.59 Å². The van der Waals surface area contributed by atoms with Gasteiger partial charge in [0.15, 0.2) is 0 Å². The average Bonchev–Trinajstić information content (AvgIpc) is 2.55. The van der Waals surface area contributed by atoms with Crippen molar-refractivity contribution in [2.45, 2.75) is 6.18 Å². The maximum atomic E-state index is 12.6. The van der Waals surface area contributed by atoms with Crippen molar-refractivity contribution in [1.29, 1.82) is 5.26 Å². The Morgan fingerprint density at radius 2 is 1.50 bits per heavy atom. The first kappa shape index (κ1) is 17.0. The third kappa shape index (κ3) is 4.33. The van der Waals surface area contributed by atoms with Gasteiger partial charge in [0.2, 0.25) is 0 Å². The molecule has 24 heavy (non-hydrogen) atoms. The van der Waals surface area contributed by atoms with Crippen LogP contribution < -0.4 is 10.6 Å². The van der Waals surface area contributed by atoms with Gasteiger partial charge in [0.05, 0.1) is 17.2 Å². The number of nitrogens with zero attached hydrogens (tertiary/aromatic N) is 1. The van der Waals surface area contributed by atoms with Gasteiger partial charge in [-0.2, -0.15) is 18.4 Å². The van der Waals surface area contributed by atoms with E-state index in [9.17, 15) is 22.8 Å². The second kappa shape index (κ2) is 6.83. The molecule has 2 rings (SSSR count). The predicted octanol–water partition coefficient (Wildman–Crippen LogP) is 3.15. The van der Waals surface area contributed by atoms with Crippen molar-refractivity contribution >= 4 is 23.2 Å². The molecule has 0 aliphatic rings. The number of carbonyl (C=O) groups excluding carboxylic acids is 2. The predicted molar refractivity (Wildman–Crippen MR) is 79.9 cm³/mol. The van der Waals surface area contributed by atoms with E-state index in [4.69, 9.17) is 5.26 Å². The Kier molecular flexibility index (Phi) is 4.84. The summed E-state index contributed by atoms with van der Waals surface area (Å²) in [7, 11) is 0. The highest BCUT2D eigenvalue weighted by Crippen LogP contribution is 2.30. The fourth-order valence-corrected chi connectivity index (χ4v) is 1.78. The van der Waals surface area contributed by atoms with Crippen molar-refractivity contribution in [3.05, 3.63) is 59.7 Å². The molecule has 0 aliphatic carbocycles. The Hall–Kier alpha value is -3.34. The molecule has 0 heterocycles. The third-order valence-corrected chi connectivity index (χ3v) is 2.93. The number of hydrogen-bond acceptors (Lipinski definition) is 3. The summed E-state index contributed by atoms with van der Waals surface area (Å²) < 4.78 is 37.8. The van der Waals surface area contributed by atoms with Crippen molar-refractivity contribution in [1.82, 2.24) is 0 Å². The minimum absolute atomic E-state index is 0.148. The molecule has 0 spiro atoms. The second-order valence-corrected chi connectivity index (χ2v) is 4.68. The Morgan fingerprint density at radius 3 is 2.04 bits per heavy atom. The highest BCUT2D eigenvalue weighted by Gasteiger charge is 2.30. The number of nitrogens with one attached hydrogen (secondary N) is 2. The topological polar surface area (TPSA) is 82.0 Å². The van der Waals surface area contributed by atoms with Gasteiger partial charge in [-0.05, 0) is 42.5 Å². The van der Waals surface area contributed by atoms with Gasteiger partial charge in [0, 0.05) is 11.4 Å². The summed E-state index contributed by atoms with van der Waals surface area (Å²) in [6.45, 7) is 0. The van der Waals surface area contributed by atoms with Crippen LogP contribution in [0.3, 0.4) is 0 Å². The van der Waals surface area contributed by atoms with Gasteiger partial charge in [-0.15, -0.1) is 0 Å². The van der Waals surface area contributed by atoms with Crippen molar-refractivity contribution in [2.75, 3.05) is 10.6 Å². The molecular weight excluding hydrogens is 323 g/mol. The first-order valence-electron chi connectivity index (χ1n) is 6.59. The maximum absolute atomic E-state index is 12.6. The summed E-state index contributed by atoms with van der Waals surface area (Å²) in [5.74, 6) is -2.16. The van der Waals surface area contributed by atoms with E-state index in [1.807, 2.05) is 6.07 Å². The molecule has 0 saturated carbocycles. The van der Waals surface area contributed by atoms with Crippen LogP contribution in [0.1, 0.15) is 11.1 Å². The second-order valence-electron chi connectivity index (χ2n) is 4.68. The average molecular weight is 333 g/mol. The SMILES string of the molecule is N#Cc1ccc(NC(=O)C(=O)Nc2cccc(C(F)(F)F)c2)cc1. The molecule has 0 radical (unpaired) electrons. The Morgan fingerprint density at radius 1 is 0.917 bits per heavy atom. The molecule has 2 aromatic carbocycles. The zero-order valence-corrected chi connectivity index (χ0v) is 12.0. The Balaban J connectivity index is 2.04. The lowest BCUT2D eigenvalue weighted by Gasteiger charge is -2.10. The van der Waals surface area contributed by atoms with E-state index in [0.29, 0.717) is 5.56 Å². The van der Waals surface area contributed by atoms with Gasteiger partial charge in [0.25, 0.3) is 0 Å². The molecule has 8 heteroatoms. The van der Waals surface area contributed by atoms with Gasteiger partial charge >= 0.3 is 18.0 Å². The van der Waals surface area contributed by atoms with E-state index in [1.54, 1.807) is 0 Å². The summed E-state index contributed by atoms with van der Waals surface area (Å²) >= 11 is 0. The van der Waals surface area contributed by atoms with Crippen LogP contribution >= 0.6 is 0 Å².